The van der Waals surface area contributed by atoms with Gasteiger partial charge in [-0.3, -0.25) is 0 Å². The summed E-state index contributed by atoms with van der Waals surface area (Å²) < 4.78 is 16.7. The monoisotopic (exact) mass is 405 g/mol. The number of fused-ring (bicyclic) bond motifs is 2. The minimum absolute atomic E-state index is 0.238. The summed E-state index contributed by atoms with van der Waals surface area (Å²) in [6.07, 6.45) is 6.43. The first kappa shape index (κ1) is 17.9. The number of rotatable bonds is 2. The van der Waals surface area contributed by atoms with E-state index in [9.17, 15) is 4.39 Å². The molecule has 1 atom stereocenters. The van der Waals surface area contributed by atoms with Crippen molar-refractivity contribution in [3.63, 3.8) is 0 Å². The Labute approximate surface area is 173 Å². The van der Waals surface area contributed by atoms with Crippen molar-refractivity contribution in [2.24, 2.45) is 5.41 Å². The first-order valence-electron chi connectivity index (χ1n) is 10.6. The van der Waals surface area contributed by atoms with E-state index >= 15 is 0 Å². The van der Waals surface area contributed by atoms with E-state index in [-0.39, 0.29) is 11.9 Å². The Morgan fingerprint density at radius 1 is 1.13 bits per heavy atom. The van der Waals surface area contributed by atoms with Crippen LogP contribution in [0.4, 0.5) is 4.39 Å². The standard InChI is InChI=1S/C22H24FN7/c1-13-6-18(26-29-10-14(2)25-21(13)29)15-7-17(23)20-19(8-15)27-30(28-20)16-4-3-5-22(9-16)11-24-12-22/h6-8,10,16,24H,3-5,9,11-12H2,1-2H3. The Bertz CT molecular complexity index is 1280. The third-order valence-electron chi connectivity index (χ3n) is 6.72. The number of imidazole rings is 1. The van der Waals surface area contributed by atoms with E-state index in [0.717, 1.165) is 42.8 Å². The minimum atomic E-state index is -0.356. The van der Waals surface area contributed by atoms with E-state index < -0.39 is 0 Å². The number of aryl methyl sites for hydroxylation is 2. The van der Waals surface area contributed by atoms with E-state index in [4.69, 9.17) is 5.10 Å². The number of benzene rings is 1. The maximum Gasteiger partial charge on any atom is 0.156 e. The summed E-state index contributed by atoms with van der Waals surface area (Å²) in [5, 5.41) is 17.3. The smallest absolute Gasteiger partial charge is 0.156 e. The maximum atomic E-state index is 15.0. The second-order valence-electron chi connectivity index (χ2n) is 9.06. The van der Waals surface area contributed by atoms with Crippen LogP contribution in [0.5, 0.6) is 0 Å². The fourth-order valence-electron chi connectivity index (χ4n) is 5.11. The summed E-state index contributed by atoms with van der Waals surface area (Å²) in [6.45, 7) is 6.08. The predicted molar refractivity (Wildman–Crippen MR) is 112 cm³/mol. The summed E-state index contributed by atoms with van der Waals surface area (Å²) in [5.74, 6) is -0.356. The van der Waals surface area contributed by atoms with Gasteiger partial charge in [-0.2, -0.15) is 15.0 Å². The normalized spacial score (nSPS) is 20.8. The molecule has 154 valence electrons. The average molecular weight is 405 g/mol. The van der Waals surface area contributed by atoms with Gasteiger partial charge in [-0.15, -0.1) is 5.10 Å². The lowest BCUT2D eigenvalue weighted by Crippen LogP contribution is -2.55. The molecule has 1 aromatic carbocycles. The number of hydrogen-bond donors (Lipinski definition) is 1. The van der Waals surface area contributed by atoms with Crippen LogP contribution in [0, 0.1) is 25.1 Å². The van der Waals surface area contributed by atoms with Gasteiger partial charge in [0.15, 0.2) is 11.5 Å². The third-order valence-corrected chi connectivity index (χ3v) is 6.72. The Morgan fingerprint density at radius 3 is 2.80 bits per heavy atom. The van der Waals surface area contributed by atoms with Gasteiger partial charge in [-0.1, -0.05) is 6.42 Å². The summed E-state index contributed by atoms with van der Waals surface area (Å²) in [6, 6.07) is 5.59. The number of nitrogens with zero attached hydrogens (tertiary/aromatic N) is 6. The van der Waals surface area contributed by atoms with Crippen LogP contribution in [-0.2, 0) is 0 Å². The molecule has 1 N–H and O–H groups in total. The molecule has 6 rings (SSSR count). The Balaban J connectivity index is 1.40. The number of nitrogens with one attached hydrogen (secondary N) is 1. The lowest BCUT2D eigenvalue weighted by Gasteiger charge is -2.47. The van der Waals surface area contributed by atoms with Crippen LogP contribution in [0.2, 0.25) is 0 Å². The molecule has 0 bridgehead atoms. The van der Waals surface area contributed by atoms with Gasteiger partial charge in [0.25, 0.3) is 0 Å². The van der Waals surface area contributed by atoms with Crippen LogP contribution in [0.1, 0.15) is 43.0 Å². The van der Waals surface area contributed by atoms with Crippen LogP contribution in [0.25, 0.3) is 27.9 Å². The molecule has 1 saturated carbocycles. The summed E-state index contributed by atoms with van der Waals surface area (Å²) in [5.41, 5.74) is 5.42. The van der Waals surface area contributed by atoms with Crippen molar-refractivity contribution in [2.45, 2.75) is 45.6 Å². The molecule has 1 spiro atoms. The van der Waals surface area contributed by atoms with Crippen LogP contribution in [-0.4, -0.2) is 42.7 Å². The highest BCUT2D eigenvalue weighted by atomic mass is 19.1. The molecule has 0 amide bonds. The van der Waals surface area contributed by atoms with Crippen LogP contribution >= 0.6 is 0 Å². The molecule has 1 aliphatic carbocycles. The molecule has 1 unspecified atom stereocenters. The van der Waals surface area contributed by atoms with Gasteiger partial charge in [0.2, 0.25) is 0 Å². The maximum absolute atomic E-state index is 15.0. The van der Waals surface area contributed by atoms with Crippen molar-refractivity contribution in [3.05, 3.63) is 41.5 Å². The molecule has 2 aliphatic rings. The molecule has 8 heteroatoms. The zero-order valence-electron chi connectivity index (χ0n) is 17.2. The number of halogens is 1. The van der Waals surface area contributed by atoms with E-state index in [0.29, 0.717) is 27.7 Å². The highest BCUT2D eigenvalue weighted by Gasteiger charge is 2.42. The summed E-state index contributed by atoms with van der Waals surface area (Å²) >= 11 is 0. The van der Waals surface area contributed by atoms with Gasteiger partial charge in [-0.05, 0) is 62.3 Å². The van der Waals surface area contributed by atoms with Crippen molar-refractivity contribution >= 4 is 16.7 Å². The lowest BCUT2D eigenvalue weighted by molar-refractivity contribution is 0.0676. The number of aromatic nitrogens is 6. The van der Waals surface area contributed by atoms with Crippen molar-refractivity contribution in [1.29, 1.82) is 0 Å². The molecule has 1 aliphatic heterocycles. The molecule has 3 aromatic heterocycles. The summed E-state index contributed by atoms with van der Waals surface area (Å²) in [4.78, 5) is 6.25. The molecular weight excluding hydrogens is 381 g/mol. The highest BCUT2D eigenvalue weighted by Crippen LogP contribution is 2.44. The van der Waals surface area contributed by atoms with Crippen molar-refractivity contribution in [2.75, 3.05) is 13.1 Å². The Morgan fingerprint density at radius 2 is 2.00 bits per heavy atom. The molecule has 4 heterocycles. The van der Waals surface area contributed by atoms with Gasteiger partial charge in [0.1, 0.15) is 11.0 Å². The van der Waals surface area contributed by atoms with Crippen molar-refractivity contribution in [3.8, 4) is 11.3 Å². The quantitative estimate of drug-likeness (QED) is 0.552. The minimum Gasteiger partial charge on any atom is -0.316 e. The zero-order valence-corrected chi connectivity index (χ0v) is 17.2. The van der Waals surface area contributed by atoms with Crippen LogP contribution < -0.4 is 5.32 Å². The van der Waals surface area contributed by atoms with Crippen LogP contribution in [0.15, 0.2) is 24.4 Å². The molecule has 0 radical (unpaired) electrons. The van der Waals surface area contributed by atoms with Gasteiger partial charge in [-0.25, -0.2) is 13.9 Å². The fraction of sp³-hybridized carbons (Fsp3) is 0.455. The van der Waals surface area contributed by atoms with Gasteiger partial charge in [0.05, 0.1) is 23.6 Å². The van der Waals surface area contributed by atoms with Crippen LogP contribution in [0.3, 0.4) is 0 Å². The molecule has 2 fully saturated rings. The lowest BCUT2D eigenvalue weighted by atomic mass is 9.68. The first-order valence-corrected chi connectivity index (χ1v) is 10.6. The average Bonchev–Trinajstić information content (AvgIpc) is 3.30. The van der Waals surface area contributed by atoms with E-state index in [1.54, 1.807) is 9.31 Å². The van der Waals surface area contributed by atoms with E-state index in [1.807, 2.05) is 32.2 Å². The van der Waals surface area contributed by atoms with Crippen molar-refractivity contribution < 1.29 is 4.39 Å². The molecule has 4 aromatic rings. The summed E-state index contributed by atoms with van der Waals surface area (Å²) in [7, 11) is 0. The largest absolute Gasteiger partial charge is 0.316 e. The topological polar surface area (TPSA) is 72.9 Å². The Kier molecular flexibility index (Phi) is 3.78. The van der Waals surface area contributed by atoms with Crippen molar-refractivity contribution in [1.82, 2.24) is 34.9 Å². The number of hydrogen-bond acceptors (Lipinski definition) is 5. The molecule has 7 nitrogen and oxygen atoms in total. The third kappa shape index (κ3) is 2.74. The highest BCUT2D eigenvalue weighted by molar-refractivity contribution is 5.81. The van der Waals surface area contributed by atoms with Gasteiger partial charge in [0, 0.05) is 18.7 Å². The predicted octanol–water partition coefficient (Wildman–Crippen LogP) is 3.60. The fourth-order valence-corrected chi connectivity index (χ4v) is 5.11. The second kappa shape index (κ2) is 6.31. The molecule has 1 saturated heterocycles. The van der Waals surface area contributed by atoms with Gasteiger partial charge < -0.3 is 5.32 Å². The molecular formula is C22H24FN7. The second-order valence-corrected chi connectivity index (χ2v) is 9.06. The van der Waals surface area contributed by atoms with E-state index in [2.05, 4.69) is 20.5 Å². The van der Waals surface area contributed by atoms with Gasteiger partial charge >= 0.3 is 0 Å². The Hall–Kier alpha value is -2.87. The molecule has 30 heavy (non-hydrogen) atoms. The van der Waals surface area contributed by atoms with E-state index in [1.165, 1.54) is 18.9 Å². The SMILES string of the molecule is Cc1cn2nc(-c3cc(F)c4nn(C5CCCC6(CNC6)C5)nc4c3)cc(C)c2n1. The first-order chi connectivity index (χ1) is 14.5. The zero-order chi connectivity index (χ0) is 20.5.